The van der Waals surface area contributed by atoms with Crippen molar-refractivity contribution >= 4 is 5.97 Å². The Morgan fingerprint density at radius 3 is 2.61 bits per heavy atom. The molecule has 3 aromatic carbocycles. The summed E-state index contributed by atoms with van der Waals surface area (Å²) in [5.74, 6) is -1.70. The molecule has 0 saturated carbocycles. The highest BCUT2D eigenvalue weighted by Gasteiger charge is 2.31. The summed E-state index contributed by atoms with van der Waals surface area (Å²) in [5.41, 5.74) is 2.59. The molecule has 3 aromatic rings. The van der Waals surface area contributed by atoms with Crippen LogP contribution in [0.15, 0.2) is 48.5 Å². The Labute approximate surface area is 188 Å². The van der Waals surface area contributed by atoms with Crippen molar-refractivity contribution in [3.05, 3.63) is 93.8 Å². The molecule has 0 bridgehead atoms. The predicted molar refractivity (Wildman–Crippen MR) is 114 cm³/mol. The molecule has 0 amide bonds. The van der Waals surface area contributed by atoms with Gasteiger partial charge in [-0.2, -0.15) is 0 Å². The molecule has 2 aliphatic rings. The maximum atomic E-state index is 14.8. The van der Waals surface area contributed by atoms with Crippen molar-refractivity contribution in [1.82, 2.24) is 0 Å². The first kappa shape index (κ1) is 21.4. The topological polar surface area (TPSA) is 55.8 Å². The number of carboxylic acids is 1. The van der Waals surface area contributed by atoms with E-state index in [1.54, 1.807) is 24.3 Å². The van der Waals surface area contributed by atoms with Crippen molar-refractivity contribution in [2.45, 2.75) is 37.7 Å². The minimum atomic E-state index is -0.888. The molecular weight excluding hydrogens is 433 g/mol. The van der Waals surface area contributed by atoms with Gasteiger partial charge < -0.3 is 14.6 Å². The molecule has 5 rings (SSSR count). The number of benzene rings is 3. The molecular formula is C26H21F3O4. The number of carbonyl (C=O) groups is 1. The maximum absolute atomic E-state index is 14.8. The molecule has 0 fully saturated rings. The Kier molecular flexibility index (Phi) is 5.48. The highest BCUT2D eigenvalue weighted by Crippen LogP contribution is 2.42. The first-order chi connectivity index (χ1) is 15.9. The standard InChI is InChI=1S/C26H21F3O4/c27-20-2-1-3-21(28)19(20)10-14-4-8-22(29)26-18(14)7-9-23(26)33-16-5-6-17-15(11-25(30)31)13-32-24(17)12-16/h1-6,8,12,15,23H,7,9-11,13H2,(H,30,31)/t15-,23-/m1/s1. The summed E-state index contributed by atoms with van der Waals surface area (Å²) in [4.78, 5) is 11.0. The lowest BCUT2D eigenvalue weighted by Crippen LogP contribution is -2.08. The highest BCUT2D eigenvalue weighted by molar-refractivity contribution is 5.68. The van der Waals surface area contributed by atoms with E-state index in [1.165, 1.54) is 24.3 Å². The molecule has 1 aliphatic heterocycles. The summed E-state index contributed by atoms with van der Waals surface area (Å²) in [6.07, 6.45) is 0.541. The van der Waals surface area contributed by atoms with E-state index in [0.29, 0.717) is 42.1 Å². The summed E-state index contributed by atoms with van der Waals surface area (Å²) >= 11 is 0. The molecule has 1 N–H and O–H groups in total. The van der Waals surface area contributed by atoms with Gasteiger partial charge in [-0.1, -0.05) is 18.2 Å². The van der Waals surface area contributed by atoms with Gasteiger partial charge in [-0.15, -0.1) is 0 Å². The second-order valence-corrected chi connectivity index (χ2v) is 8.43. The van der Waals surface area contributed by atoms with Crippen molar-refractivity contribution in [3.8, 4) is 11.5 Å². The second kappa shape index (κ2) is 8.46. The van der Waals surface area contributed by atoms with Crippen LogP contribution in [0.25, 0.3) is 0 Å². The third-order valence-electron chi connectivity index (χ3n) is 6.37. The van der Waals surface area contributed by atoms with Crippen LogP contribution in [-0.2, 0) is 17.6 Å². The van der Waals surface area contributed by atoms with Crippen molar-refractivity contribution in [3.63, 3.8) is 0 Å². The van der Waals surface area contributed by atoms with Crippen LogP contribution >= 0.6 is 0 Å². The normalized spacial score (nSPS) is 18.5. The fourth-order valence-corrected chi connectivity index (χ4v) is 4.79. The third-order valence-corrected chi connectivity index (χ3v) is 6.37. The lowest BCUT2D eigenvalue weighted by atomic mass is 9.96. The molecule has 4 nitrogen and oxygen atoms in total. The summed E-state index contributed by atoms with van der Waals surface area (Å²) in [6.45, 7) is 0.294. The van der Waals surface area contributed by atoms with Gasteiger partial charge in [-0.05, 0) is 48.2 Å². The predicted octanol–water partition coefficient (Wildman–Crippen LogP) is 5.71. The van der Waals surface area contributed by atoms with Crippen molar-refractivity contribution in [2.24, 2.45) is 0 Å². The average Bonchev–Trinajstić information content (AvgIpc) is 3.37. The zero-order chi connectivity index (χ0) is 23.1. The molecule has 170 valence electrons. The van der Waals surface area contributed by atoms with Crippen LogP contribution in [-0.4, -0.2) is 17.7 Å². The number of aliphatic carboxylic acids is 1. The molecule has 2 atom stereocenters. The van der Waals surface area contributed by atoms with Gasteiger partial charge in [0, 0.05) is 35.1 Å². The summed E-state index contributed by atoms with van der Waals surface area (Å²) in [7, 11) is 0. The third kappa shape index (κ3) is 4.03. The molecule has 0 spiro atoms. The number of hydrogen-bond acceptors (Lipinski definition) is 3. The number of rotatable bonds is 6. The van der Waals surface area contributed by atoms with Gasteiger partial charge in [0.2, 0.25) is 0 Å². The van der Waals surface area contributed by atoms with E-state index in [-0.39, 0.29) is 24.3 Å². The lowest BCUT2D eigenvalue weighted by Gasteiger charge is -2.17. The average molecular weight is 454 g/mol. The zero-order valence-corrected chi connectivity index (χ0v) is 17.6. The van der Waals surface area contributed by atoms with Gasteiger partial charge in [0.15, 0.2) is 0 Å². The summed E-state index contributed by atoms with van der Waals surface area (Å²) in [6, 6.07) is 11.9. The molecule has 0 aromatic heterocycles. The van der Waals surface area contributed by atoms with Crippen molar-refractivity contribution < 1.29 is 32.5 Å². The maximum Gasteiger partial charge on any atom is 0.304 e. The number of hydrogen-bond donors (Lipinski definition) is 1. The van der Waals surface area contributed by atoms with Crippen molar-refractivity contribution in [2.75, 3.05) is 6.61 Å². The first-order valence-electron chi connectivity index (χ1n) is 10.8. The Morgan fingerprint density at radius 1 is 1.06 bits per heavy atom. The summed E-state index contributed by atoms with van der Waals surface area (Å²) in [5, 5.41) is 9.05. The van der Waals surface area contributed by atoms with Gasteiger partial charge in [0.1, 0.15) is 35.1 Å². The second-order valence-electron chi connectivity index (χ2n) is 8.43. The van der Waals surface area contributed by atoms with Gasteiger partial charge in [0.25, 0.3) is 0 Å². The Balaban J connectivity index is 1.40. The monoisotopic (exact) mass is 454 g/mol. The molecule has 1 aliphatic carbocycles. The van der Waals surface area contributed by atoms with Crippen LogP contribution in [0, 0.1) is 17.5 Å². The molecule has 7 heteroatoms. The highest BCUT2D eigenvalue weighted by atomic mass is 19.1. The van der Waals surface area contributed by atoms with Gasteiger partial charge in [-0.25, -0.2) is 13.2 Å². The quantitative estimate of drug-likeness (QED) is 0.518. The van der Waals surface area contributed by atoms with E-state index >= 15 is 0 Å². The minimum absolute atomic E-state index is 0.0141. The van der Waals surface area contributed by atoms with Gasteiger partial charge in [-0.3, -0.25) is 4.79 Å². The number of fused-ring (bicyclic) bond motifs is 2. The van der Waals surface area contributed by atoms with E-state index in [0.717, 1.165) is 11.1 Å². The van der Waals surface area contributed by atoms with E-state index in [4.69, 9.17) is 14.6 Å². The zero-order valence-electron chi connectivity index (χ0n) is 17.6. The van der Waals surface area contributed by atoms with Crippen LogP contribution < -0.4 is 9.47 Å². The molecule has 33 heavy (non-hydrogen) atoms. The van der Waals surface area contributed by atoms with E-state index in [2.05, 4.69) is 0 Å². The Hall–Kier alpha value is -3.48. The van der Waals surface area contributed by atoms with E-state index in [9.17, 15) is 18.0 Å². The number of ether oxygens (including phenoxy) is 2. The molecule has 0 saturated heterocycles. The van der Waals surface area contributed by atoms with Crippen LogP contribution in [0.5, 0.6) is 11.5 Å². The minimum Gasteiger partial charge on any atom is -0.492 e. The summed E-state index contributed by atoms with van der Waals surface area (Å²) < 4.78 is 54.8. The smallest absolute Gasteiger partial charge is 0.304 e. The lowest BCUT2D eigenvalue weighted by molar-refractivity contribution is -0.137. The van der Waals surface area contributed by atoms with Gasteiger partial charge in [0.05, 0.1) is 13.0 Å². The van der Waals surface area contributed by atoms with E-state index in [1.807, 2.05) is 0 Å². The molecule has 0 unspecified atom stereocenters. The number of halogens is 3. The van der Waals surface area contributed by atoms with Gasteiger partial charge >= 0.3 is 5.97 Å². The van der Waals surface area contributed by atoms with Crippen LogP contribution in [0.3, 0.4) is 0 Å². The fourth-order valence-electron chi connectivity index (χ4n) is 4.79. The van der Waals surface area contributed by atoms with Crippen LogP contribution in [0.2, 0.25) is 0 Å². The van der Waals surface area contributed by atoms with Crippen LogP contribution in [0.4, 0.5) is 13.2 Å². The van der Waals surface area contributed by atoms with Crippen molar-refractivity contribution in [1.29, 1.82) is 0 Å². The Bertz CT molecular complexity index is 1220. The van der Waals surface area contributed by atoms with Crippen LogP contribution in [0.1, 0.15) is 52.7 Å². The SMILES string of the molecule is O=C(O)C[C@@H]1COc2cc(O[C@@H]3CCc4c(Cc5c(F)cccc5F)ccc(F)c43)ccc21. The fraction of sp³-hybridized carbons (Fsp3) is 0.269. The molecule has 0 radical (unpaired) electrons. The first-order valence-corrected chi connectivity index (χ1v) is 10.8. The largest absolute Gasteiger partial charge is 0.492 e. The van der Waals surface area contributed by atoms with E-state index < -0.39 is 29.5 Å². The Morgan fingerprint density at radius 2 is 1.85 bits per heavy atom. The number of carboxylic acid groups (broad SMARTS) is 1. The molecule has 1 heterocycles.